The molecule has 0 unspecified atom stereocenters. The quantitative estimate of drug-likeness (QED) is 0.906. The summed E-state index contributed by atoms with van der Waals surface area (Å²) in [6.07, 6.45) is 3.64. The first-order valence-electron chi connectivity index (χ1n) is 6.05. The van der Waals surface area contributed by atoms with E-state index in [0.29, 0.717) is 5.56 Å². The van der Waals surface area contributed by atoms with Crippen molar-refractivity contribution in [3.05, 3.63) is 29.8 Å². The van der Waals surface area contributed by atoms with Crippen LogP contribution in [0.2, 0.25) is 0 Å². The van der Waals surface area contributed by atoms with Gasteiger partial charge < -0.3 is 0 Å². The summed E-state index contributed by atoms with van der Waals surface area (Å²) in [5.41, 5.74) is 0.0821. The molecule has 0 heterocycles. The molecule has 1 N–H and O–H groups in total. The van der Waals surface area contributed by atoms with Crippen molar-refractivity contribution in [1.82, 2.24) is 4.72 Å². The Bertz CT molecular complexity index is 578. The maximum Gasteiger partial charge on any atom is 0.241 e. The molecule has 1 aliphatic carbocycles. The fourth-order valence-electron chi connectivity index (χ4n) is 2.21. The number of rotatable bonds is 4. The zero-order chi connectivity index (χ0) is 13.2. The van der Waals surface area contributed by atoms with Crippen LogP contribution < -0.4 is 4.72 Å². The first-order valence-corrected chi connectivity index (χ1v) is 7.54. The molecular formula is C13H16N2O2S. The Hall–Kier alpha value is -1.38. The van der Waals surface area contributed by atoms with Gasteiger partial charge in [-0.3, -0.25) is 0 Å². The second kappa shape index (κ2) is 4.71. The van der Waals surface area contributed by atoms with Crippen LogP contribution in [0.4, 0.5) is 0 Å². The van der Waals surface area contributed by atoms with Gasteiger partial charge in [0, 0.05) is 5.54 Å². The van der Waals surface area contributed by atoms with E-state index in [9.17, 15) is 8.42 Å². The van der Waals surface area contributed by atoms with Gasteiger partial charge in [0.2, 0.25) is 10.0 Å². The van der Waals surface area contributed by atoms with E-state index in [1.165, 1.54) is 12.1 Å². The Morgan fingerprint density at radius 2 is 2.17 bits per heavy atom. The number of benzene rings is 1. The van der Waals surface area contributed by atoms with E-state index in [1.807, 2.05) is 13.0 Å². The fraction of sp³-hybridized carbons (Fsp3) is 0.462. The van der Waals surface area contributed by atoms with Crippen molar-refractivity contribution >= 4 is 10.0 Å². The molecule has 1 aromatic carbocycles. The summed E-state index contributed by atoms with van der Waals surface area (Å²) in [6, 6.07) is 8.06. The van der Waals surface area contributed by atoms with Gasteiger partial charge in [-0.05, 0) is 43.9 Å². The molecule has 4 nitrogen and oxygen atoms in total. The Balaban J connectivity index is 2.28. The molecule has 18 heavy (non-hydrogen) atoms. The Kier molecular flexibility index (Phi) is 3.42. The highest BCUT2D eigenvalue weighted by Crippen LogP contribution is 2.36. The van der Waals surface area contributed by atoms with E-state index >= 15 is 0 Å². The Labute approximate surface area is 108 Å². The van der Waals surface area contributed by atoms with Crippen LogP contribution in [0.3, 0.4) is 0 Å². The molecule has 0 radical (unpaired) electrons. The standard InChI is InChI=1S/C13H16N2O2S/c1-2-13(7-4-8-13)15-18(16,17)12-6-3-5-11(9-12)10-14/h3,5-6,9,15H,2,4,7-8H2,1H3. The summed E-state index contributed by atoms with van der Waals surface area (Å²) < 4.78 is 27.3. The summed E-state index contributed by atoms with van der Waals surface area (Å²) in [5.74, 6) is 0. The first-order chi connectivity index (χ1) is 8.51. The van der Waals surface area contributed by atoms with Crippen LogP contribution in [-0.4, -0.2) is 14.0 Å². The maximum absolute atomic E-state index is 12.2. The molecule has 96 valence electrons. The highest BCUT2D eigenvalue weighted by molar-refractivity contribution is 7.89. The molecule has 0 aliphatic heterocycles. The van der Waals surface area contributed by atoms with Gasteiger partial charge in [0.1, 0.15) is 0 Å². The average molecular weight is 264 g/mol. The van der Waals surface area contributed by atoms with Crippen molar-refractivity contribution in [3.63, 3.8) is 0 Å². The molecule has 0 atom stereocenters. The van der Waals surface area contributed by atoms with Crippen molar-refractivity contribution < 1.29 is 8.42 Å². The summed E-state index contributed by atoms with van der Waals surface area (Å²) >= 11 is 0. The molecule has 0 bridgehead atoms. The topological polar surface area (TPSA) is 70.0 Å². The molecule has 1 fully saturated rings. The minimum Gasteiger partial charge on any atom is -0.207 e. The van der Waals surface area contributed by atoms with E-state index in [1.54, 1.807) is 12.1 Å². The summed E-state index contributed by atoms with van der Waals surface area (Å²) in [6.45, 7) is 1.99. The van der Waals surface area contributed by atoms with Crippen LogP contribution in [0.1, 0.15) is 38.2 Å². The molecule has 0 spiro atoms. The SMILES string of the molecule is CCC1(NS(=O)(=O)c2cccc(C#N)c2)CCC1. The zero-order valence-corrected chi connectivity index (χ0v) is 11.1. The monoisotopic (exact) mass is 264 g/mol. The molecule has 5 heteroatoms. The van der Waals surface area contributed by atoms with Gasteiger partial charge in [-0.25, -0.2) is 13.1 Å². The molecule has 0 aromatic heterocycles. The average Bonchev–Trinajstić information content (AvgIpc) is 2.34. The lowest BCUT2D eigenvalue weighted by Crippen LogP contribution is -2.52. The number of nitrogens with zero attached hydrogens (tertiary/aromatic N) is 1. The third-order valence-corrected chi connectivity index (χ3v) is 5.19. The number of nitrogens with one attached hydrogen (secondary N) is 1. The Morgan fingerprint density at radius 1 is 1.44 bits per heavy atom. The lowest BCUT2D eigenvalue weighted by atomic mass is 9.76. The summed E-state index contributed by atoms with van der Waals surface area (Å²) in [5, 5.41) is 8.80. The fourth-order valence-corrected chi connectivity index (χ4v) is 3.78. The first kappa shape index (κ1) is 13.1. The lowest BCUT2D eigenvalue weighted by molar-refractivity contribution is 0.214. The molecule has 2 rings (SSSR count). The molecule has 1 aromatic rings. The molecule has 1 saturated carbocycles. The van der Waals surface area contributed by atoms with Crippen molar-refractivity contribution in [2.75, 3.05) is 0 Å². The van der Waals surface area contributed by atoms with Crippen LogP contribution in [0.15, 0.2) is 29.2 Å². The van der Waals surface area contributed by atoms with E-state index in [4.69, 9.17) is 5.26 Å². The molecule has 1 aliphatic rings. The van der Waals surface area contributed by atoms with Gasteiger partial charge in [-0.15, -0.1) is 0 Å². The highest BCUT2D eigenvalue weighted by Gasteiger charge is 2.39. The van der Waals surface area contributed by atoms with Gasteiger partial charge in [0.15, 0.2) is 0 Å². The number of nitriles is 1. The van der Waals surface area contributed by atoms with Gasteiger partial charge in [-0.1, -0.05) is 13.0 Å². The predicted molar refractivity (Wildman–Crippen MR) is 68.4 cm³/mol. The van der Waals surface area contributed by atoms with Crippen molar-refractivity contribution in [2.24, 2.45) is 0 Å². The molecular weight excluding hydrogens is 248 g/mol. The van der Waals surface area contributed by atoms with Crippen LogP contribution in [0, 0.1) is 11.3 Å². The largest absolute Gasteiger partial charge is 0.241 e. The summed E-state index contributed by atoms with van der Waals surface area (Å²) in [4.78, 5) is 0.168. The number of hydrogen-bond donors (Lipinski definition) is 1. The van der Waals surface area contributed by atoms with Crippen molar-refractivity contribution in [3.8, 4) is 6.07 Å². The third-order valence-electron chi connectivity index (χ3n) is 3.61. The second-order valence-corrected chi connectivity index (χ2v) is 6.41. The Morgan fingerprint density at radius 3 is 2.67 bits per heavy atom. The number of hydrogen-bond acceptors (Lipinski definition) is 3. The van der Waals surface area contributed by atoms with Crippen LogP contribution >= 0.6 is 0 Å². The van der Waals surface area contributed by atoms with Crippen LogP contribution in [0.5, 0.6) is 0 Å². The predicted octanol–water partition coefficient (Wildman–Crippen LogP) is 2.17. The molecule has 0 amide bonds. The van der Waals surface area contributed by atoms with Gasteiger partial charge in [-0.2, -0.15) is 5.26 Å². The van der Waals surface area contributed by atoms with E-state index in [2.05, 4.69) is 4.72 Å². The van der Waals surface area contributed by atoms with E-state index in [0.717, 1.165) is 25.7 Å². The van der Waals surface area contributed by atoms with Gasteiger partial charge in [0.05, 0.1) is 16.5 Å². The smallest absolute Gasteiger partial charge is 0.207 e. The maximum atomic E-state index is 12.2. The van der Waals surface area contributed by atoms with E-state index in [-0.39, 0.29) is 10.4 Å². The minimum atomic E-state index is -3.52. The van der Waals surface area contributed by atoms with Crippen molar-refractivity contribution in [2.45, 2.75) is 43.0 Å². The summed E-state index contributed by atoms with van der Waals surface area (Å²) in [7, 11) is -3.52. The second-order valence-electron chi connectivity index (χ2n) is 4.73. The third kappa shape index (κ3) is 2.40. The van der Waals surface area contributed by atoms with Crippen molar-refractivity contribution in [1.29, 1.82) is 5.26 Å². The van der Waals surface area contributed by atoms with E-state index < -0.39 is 10.0 Å². The van der Waals surface area contributed by atoms with Gasteiger partial charge in [0.25, 0.3) is 0 Å². The van der Waals surface area contributed by atoms with Crippen LogP contribution in [0.25, 0.3) is 0 Å². The van der Waals surface area contributed by atoms with Gasteiger partial charge >= 0.3 is 0 Å². The molecule has 0 saturated heterocycles. The zero-order valence-electron chi connectivity index (χ0n) is 10.3. The normalized spacial score (nSPS) is 17.8. The van der Waals surface area contributed by atoms with Crippen LogP contribution in [-0.2, 0) is 10.0 Å². The minimum absolute atomic E-state index is 0.168. The lowest BCUT2D eigenvalue weighted by Gasteiger charge is -2.41. The number of sulfonamides is 1. The highest BCUT2D eigenvalue weighted by atomic mass is 32.2.